The zero-order valence-electron chi connectivity index (χ0n) is 15.7. The van der Waals surface area contributed by atoms with Crippen LogP contribution in [0.1, 0.15) is 15.9 Å². The molecule has 0 unspecified atom stereocenters. The maximum atomic E-state index is 12.5. The number of rotatable bonds is 3. The molecular weight excluding hydrogens is 382 g/mol. The SMILES string of the molecule is COc1cc2c3n(c(=NC(=O)c4cccnc4)nc2c(OC)c1C)CCN3.Cl. The van der Waals surface area contributed by atoms with E-state index in [1.54, 1.807) is 32.5 Å². The van der Waals surface area contributed by atoms with Crippen molar-refractivity contribution < 1.29 is 14.3 Å². The van der Waals surface area contributed by atoms with E-state index < -0.39 is 0 Å². The lowest BCUT2D eigenvalue weighted by Crippen LogP contribution is -2.25. The minimum Gasteiger partial charge on any atom is -0.496 e. The van der Waals surface area contributed by atoms with Crippen molar-refractivity contribution in [2.24, 2.45) is 4.99 Å². The van der Waals surface area contributed by atoms with Crippen LogP contribution in [0.5, 0.6) is 11.5 Å². The first kappa shape index (κ1) is 19.6. The number of amides is 1. The number of hydrogen-bond donors (Lipinski definition) is 1. The highest BCUT2D eigenvalue weighted by molar-refractivity contribution is 5.97. The summed E-state index contributed by atoms with van der Waals surface area (Å²) in [5, 5.41) is 4.21. The summed E-state index contributed by atoms with van der Waals surface area (Å²) in [5.74, 6) is 1.77. The first-order valence-electron chi connectivity index (χ1n) is 8.53. The number of carbonyl (C=O) groups is 1. The largest absolute Gasteiger partial charge is 0.496 e. The predicted molar refractivity (Wildman–Crippen MR) is 107 cm³/mol. The topological polar surface area (TPSA) is 90.6 Å². The van der Waals surface area contributed by atoms with Gasteiger partial charge >= 0.3 is 0 Å². The highest BCUT2D eigenvalue weighted by Gasteiger charge is 2.21. The summed E-state index contributed by atoms with van der Waals surface area (Å²) in [6.45, 7) is 3.29. The number of anilines is 1. The molecule has 8 nitrogen and oxygen atoms in total. The molecule has 1 aliphatic heterocycles. The van der Waals surface area contributed by atoms with Gasteiger partial charge in [-0.2, -0.15) is 4.99 Å². The van der Waals surface area contributed by atoms with E-state index in [9.17, 15) is 4.79 Å². The van der Waals surface area contributed by atoms with Crippen molar-refractivity contribution in [2.45, 2.75) is 13.5 Å². The number of hydrogen-bond acceptors (Lipinski definition) is 6. The lowest BCUT2D eigenvalue weighted by Gasteiger charge is -2.15. The van der Waals surface area contributed by atoms with Crippen molar-refractivity contribution in [1.82, 2.24) is 14.5 Å². The number of aromatic nitrogens is 3. The first-order chi connectivity index (χ1) is 13.1. The summed E-state index contributed by atoms with van der Waals surface area (Å²) >= 11 is 0. The van der Waals surface area contributed by atoms with E-state index in [2.05, 4.69) is 20.3 Å². The first-order valence-corrected chi connectivity index (χ1v) is 8.53. The quantitative estimate of drug-likeness (QED) is 0.724. The number of benzene rings is 1. The smallest absolute Gasteiger partial charge is 0.281 e. The van der Waals surface area contributed by atoms with E-state index in [4.69, 9.17) is 9.47 Å². The van der Waals surface area contributed by atoms with Gasteiger partial charge in [0.15, 0.2) is 5.75 Å². The summed E-state index contributed by atoms with van der Waals surface area (Å²) in [6.07, 6.45) is 3.11. The molecule has 0 atom stereocenters. The Labute approximate surface area is 167 Å². The van der Waals surface area contributed by atoms with E-state index in [1.807, 2.05) is 17.6 Å². The van der Waals surface area contributed by atoms with Crippen molar-refractivity contribution in [1.29, 1.82) is 0 Å². The normalized spacial score (nSPS) is 12.9. The number of ether oxygens (including phenoxy) is 2. The van der Waals surface area contributed by atoms with Gasteiger partial charge in [-0.1, -0.05) is 0 Å². The fourth-order valence-electron chi connectivity index (χ4n) is 3.30. The molecule has 1 aromatic carbocycles. The third-order valence-corrected chi connectivity index (χ3v) is 4.60. The molecule has 0 radical (unpaired) electrons. The Morgan fingerprint density at radius 3 is 2.82 bits per heavy atom. The summed E-state index contributed by atoms with van der Waals surface area (Å²) < 4.78 is 13.0. The third kappa shape index (κ3) is 3.16. The molecule has 1 amide bonds. The Morgan fingerprint density at radius 1 is 1.32 bits per heavy atom. The van der Waals surface area contributed by atoms with Crippen molar-refractivity contribution in [3.8, 4) is 11.5 Å². The van der Waals surface area contributed by atoms with Gasteiger partial charge in [-0.15, -0.1) is 12.4 Å². The fraction of sp³-hybridized carbons (Fsp3) is 0.263. The number of carbonyl (C=O) groups excluding carboxylic acids is 1. The van der Waals surface area contributed by atoms with Gasteiger partial charge in [-0.3, -0.25) is 14.3 Å². The van der Waals surface area contributed by atoms with Crippen LogP contribution in [0, 0.1) is 6.92 Å². The number of fused-ring (bicyclic) bond motifs is 3. The highest BCUT2D eigenvalue weighted by atomic mass is 35.5. The molecule has 0 saturated heterocycles. The molecule has 0 fully saturated rings. The highest BCUT2D eigenvalue weighted by Crippen LogP contribution is 2.38. The van der Waals surface area contributed by atoms with Crippen LogP contribution in [0.15, 0.2) is 35.6 Å². The van der Waals surface area contributed by atoms with Gasteiger partial charge in [0, 0.05) is 36.4 Å². The lowest BCUT2D eigenvalue weighted by atomic mass is 10.1. The minimum atomic E-state index is -0.388. The summed E-state index contributed by atoms with van der Waals surface area (Å²) in [6, 6.07) is 5.31. The Morgan fingerprint density at radius 2 is 2.14 bits per heavy atom. The molecule has 0 saturated carbocycles. The molecular formula is C19H20ClN5O3. The second kappa shape index (κ2) is 7.85. The van der Waals surface area contributed by atoms with Gasteiger partial charge in [-0.25, -0.2) is 4.98 Å². The van der Waals surface area contributed by atoms with Crippen molar-refractivity contribution in [3.05, 3.63) is 47.3 Å². The number of nitrogens with one attached hydrogen (secondary N) is 1. The molecule has 0 aliphatic carbocycles. The van der Waals surface area contributed by atoms with Gasteiger partial charge in [0.25, 0.3) is 5.91 Å². The summed E-state index contributed by atoms with van der Waals surface area (Å²) in [7, 11) is 3.21. The predicted octanol–water partition coefficient (Wildman–Crippen LogP) is 2.35. The van der Waals surface area contributed by atoms with Crippen molar-refractivity contribution in [2.75, 3.05) is 26.1 Å². The summed E-state index contributed by atoms with van der Waals surface area (Å²) in [5.41, 5.74) is 2.22. The molecule has 4 rings (SSSR count). The van der Waals surface area contributed by atoms with Crippen LogP contribution in [-0.2, 0) is 6.54 Å². The number of halogens is 1. The number of methoxy groups -OCH3 is 2. The Balaban J connectivity index is 0.00000225. The van der Waals surface area contributed by atoms with Gasteiger partial charge in [-0.05, 0) is 25.1 Å². The molecule has 9 heteroatoms. The molecule has 1 N–H and O–H groups in total. The number of nitrogens with zero attached hydrogens (tertiary/aromatic N) is 4. The maximum Gasteiger partial charge on any atom is 0.281 e. The van der Waals surface area contributed by atoms with Gasteiger partial charge < -0.3 is 14.8 Å². The van der Waals surface area contributed by atoms with Gasteiger partial charge in [0.05, 0.1) is 19.8 Å². The lowest BCUT2D eigenvalue weighted by molar-refractivity contribution is 0.0996. The molecule has 1 aliphatic rings. The standard InChI is InChI=1S/C19H19N5O3.ClH/c1-11-14(26-2)9-13-15(16(11)27-3)22-19(24-8-7-21-17(13)24)23-18(25)12-5-4-6-20-10-12;/h4-6,9-10,21H,7-8H2,1-3H3;1H. The van der Waals surface area contributed by atoms with E-state index in [-0.39, 0.29) is 18.3 Å². The van der Waals surface area contributed by atoms with E-state index >= 15 is 0 Å². The van der Waals surface area contributed by atoms with E-state index in [0.29, 0.717) is 34.7 Å². The van der Waals surface area contributed by atoms with E-state index in [0.717, 1.165) is 23.3 Å². The van der Waals surface area contributed by atoms with Crippen LogP contribution < -0.4 is 20.4 Å². The molecule has 0 bridgehead atoms. The van der Waals surface area contributed by atoms with Crippen LogP contribution in [0.2, 0.25) is 0 Å². The van der Waals surface area contributed by atoms with Crippen molar-refractivity contribution >= 4 is 35.0 Å². The molecule has 0 spiro atoms. The van der Waals surface area contributed by atoms with Crippen molar-refractivity contribution in [3.63, 3.8) is 0 Å². The average molecular weight is 402 g/mol. The zero-order chi connectivity index (χ0) is 19.0. The number of pyridine rings is 1. The molecule has 3 aromatic rings. The van der Waals surface area contributed by atoms with Crippen LogP contribution in [0.25, 0.3) is 10.9 Å². The third-order valence-electron chi connectivity index (χ3n) is 4.60. The van der Waals surface area contributed by atoms with Crippen LogP contribution in [0.3, 0.4) is 0 Å². The van der Waals surface area contributed by atoms with Crippen LogP contribution in [0.4, 0.5) is 5.82 Å². The monoisotopic (exact) mass is 401 g/mol. The second-order valence-electron chi connectivity index (χ2n) is 6.13. The van der Waals surface area contributed by atoms with E-state index in [1.165, 1.54) is 6.20 Å². The summed E-state index contributed by atoms with van der Waals surface area (Å²) in [4.78, 5) is 25.4. The molecule has 146 valence electrons. The second-order valence-corrected chi connectivity index (χ2v) is 6.13. The zero-order valence-corrected chi connectivity index (χ0v) is 16.5. The molecule has 28 heavy (non-hydrogen) atoms. The molecule has 3 heterocycles. The minimum absolute atomic E-state index is 0. The maximum absolute atomic E-state index is 12.5. The fourth-order valence-corrected chi connectivity index (χ4v) is 3.30. The molecule has 2 aromatic heterocycles. The van der Waals surface area contributed by atoms with Crippen LogP contribution >= 0.6 is 12.4 Å². The van der Waals surface area contributed by atoms with Crippen LogP contribution in [-0.4, -0.2) is 41.2 Å². The van der Waals surface area contributed by atoms with Gasteiger partial charge in [0.1, 0.15) is 17.1 Å². The van der Waals surface area contributed by atoms with Gasteiger partial charge in [0.2, 0.25) is 5.62 Å². The Kier molecular flexibility index (Phi) is 5.51. The Hall–Kier alpha value is -3.13. The average Bonchev–Trinajstić information content (AvgIpc) is 3.19. The Bertz CT molecular complexity index is 1110.